The summed E-state index contributed by atoms with van der Waals surface area (Å²) in [4.78, 5) is 0. The van der Waals surface area contributed by atoms with Crippen LogP contribution in [0, 0.1) is 12.3 Å². The van der Waals surface area contributed by atoms with Gasteiger partial charge in [-0.25, -0.2) is 4.68 Å². The quantitative estimate of drug-likeness (QED) is 0.400. The average Bonchev–Trinajstić information content (AvgIpc) is 2.54. The van der Waals surface area contributed by atoms with E-state index < -0.39 is 0 Å². The van der Waals surface area contributed by atoms with Gasteiger partial charge in [-0.15, -0.1) is 17.4 Å². The van der Waals surface area contributed by atoms with Crippen molar-refractivity contribution in [2.24, 2.45) is 5.73 Å². The molecule has 0 atom stereocenters. The number of nitrogens with two attached hydrogens (primary N) is 1. The van der Waals surface area contributed by atoms with E-state index >= 15 is 0 Å². The molecule has 0 unspecified atom stereocenters. The minimum absolute atomic E-state index is 0.535. The van der Waals surface area contributed by atoms with E-state index in [2.05, 4.69) is 21.4 Å². The van der Waals surface area contributed by atoms with Crippen molar-refractivity contribution in [1.82, 2.24) is 20.2 Å². The monoisotopic (exact) mass is 197 g/mol. The summed E-state index contributed by atoms with van der Waals surface area (Å²) in [5.74, 6) is 3.39. The normalized spacial score (nSPS) is 9.85. The molecular formula is C7H11N5S. The summed E-state index contributed by atoms with van der Waals surface area (Å²) in [6, 6.07) is 0. The topological polar surface area (TPSA) is 69.6 Å². The number of tetrazole rings is 1. The molecule has 0 aliphatic rings. The summed E-state index contributed by atoms with van der Waals surface area (Å²) in [6.07, 6.45) is 5.85. The number of nitrogens with zero attached hydrogens (tertiary/aromatic N) is 4. The zero-order valence-corrected chi connectivity index (χ0v) is 8.00. The second-order valence-electron chi connectivity index (χ2n) is 2.28. The van der Waals surface area contributed by atoms with Crippen molar-refractivity contribution in [2.75, 3.05) is 12.3 Å². The second kappa shape index (κ2) is 5.56. The van der Waals surface area contributed by atoms with Gasteiger partial charge >= 0.3 is 0 Å². The predicted octanol–water partition coefficient (Wildman–Crippen LogP) is -0.253. The predicted molar refractivity (Wildman–Crippen MR) is 51.0 cm³/mol. The van der Waals surface area contributed by atoms with Crippen LogP contribution in [-0.2, 0) is 6.54 Å². The highest BCUT2D eigenvalue weighted by Gasteiger charge is 2.04. The van der Waals surface area contributed by atoms with Crippen LogP contribution in [0.25, 0.3) is 0 Å². The van der Waals surface area contributed by atoms with Crippen LogP contribution in [0.4, 0.5) is 0 Å². The Morgan fingerprint density at radius 2 is 2.46 bits per heavy atom. The van der Waals surface area contributed by atoms with Gasteiger partial charge in [0.15, 0.2) is 0 Å². The fourth-order valence-corrected chi connectivity index (χ4v) is 1.54. The highest BCUT2D eigenvalue weighted by molar-refractivity contribution is 7.99. The van der Waals surface area contributed by atoms with Crippen LogP contribution in [0.1, 0.15) is 6.42 Å². The maximum Gasteiger partial charge on any atom is 0.209 e. The lowest BCUT2D eigenvalue weighted by Crippen LogP contribution is -2.12. The molecule has 6 heteroatoms. The van der Waals surface area contributed by atoms with Crippen molar-refractivity contribution < 1.29 is 0 Å². The largest absolute Gasteiger partial charge is 0.329 e. The summed E-state index contributed by atoms with van der Waals surface area (Å²) in [7, 11) is 0. The summed E-state index contributed by atoms with van der Waals surface area (Å²) < 4.78 is 1.68. The molecule has 1 heterocycles. The third kappa shape index (κ3) is 3.05. The zero-order chi connectivity index (χ0) is 9.52. The summed E-state index contributed by atoms with van der Waals surface area (Å²) in [5.41, 5.74) is 5.39. The molecule has 0 aliphatic carbocycles. The first-order chi connectivity index (χ1) is 6.38. The van der Waals surface area contributed by atoms with Crippen LogP contribution in [0.3, 0.4) is 0 Å². The van der Waals surface area contributed by atoms with Crippen molar-refractivity contribution in [3.05, 3.63) is 0 Å². The molecule has 0 bridgehead atoms. The zero-order valence-electron chi connectivity index (χ0n) is 7.18. The number of hydrogen-bond donors (Lipinski definition) is 1. The van der Waals surface area contributed by atoms with E-state index in [-0.39, 0.29) is 0 Å². The van der Waals surface area contributed by atoms with Gasteiger partial charge in [-0.1, -0.05) is 11.8 Å². The molecule has 1 aromatic heterocycles. The first-order valence-electron chi connectivity index (χ1n) is 3.91. The molecule has 5 nitrogen and oxygen atoms in total. The first kappa shape index (κ1) is 10.0. The molecule has 0 saturated carbocycles. The summed E-state index contributed by atoms with van der Waals surface area (Å²) in [5, 5.41) is 12.0. The minimum atomic E-state index is 0.535. The van der Waals surface area contributed by atoms with Crippen LogP contribution in [0.5, 0.6) is 0 Å². The summed E-state index contributed by atoms with van der Waals surface area (Å²) >= 11 is 1.55. The Balaban J connectivity index is 2.46. The van der Waals surface area contributed by atoms with E-state index in [1.54, 1.807) is 16.4 Å². The lowest BCUT2D eigenvalue weighted by atomic mass is 10.5. The van der Waals surface area contributed by atoms with E-state index in [9.17, 15) is 0 Å². The molecule has 0 aliphatic heterocycles. The van der Waals surface area contributed by atoms with Crippen molar-refractivity contribution in [3.8, 4) is 12.3 Å². The molecule has 0 spiro atoms. The number of rotatable bonds is 5. The van der Waals surface area contributed by atoms with Crippen molar-refractivity contribution in [2.45, 2.75) is 18.1 Å². The van der Waals surface area contributed by atoms with Crippen molar-refractivity contribution in [3.63, 3.8) is 0 Å². The molecule has 1 aromatic rings. The third-order valence-corrected chi connectivity index (χ3v) is 2.28. The molecular weight excluding hydrogens is 186 g/mol. The Morgan fingerprint density at radius 3 is 3.15 bits per heavy atom. The molecule has 2 N–H and O–H groups in total. The Hall–Kier alpha value is -1.06. The standard InChI is InChI=1S/C7H11N5S/c1-2-3-6-13-7-9-10-11-12(7)5-4-8/h1H,3-6,8H2. The van der Waals surface area contributed by atoms with Crippen LogP contribution in [-0.4, -0.2) is 32.5 Å². The van der Waals surface area contributed by atoms with Crippen molar-refractivity contribution in [1.29, 1.82) is 0 Å². The van der Waals surface area contributed by atoms with Gasteiger partial charge < -0.3 is 5.73 Å². The molecule has 0 amide bonds. The molecule has 0 saturated heterocycles. The Bertz CT molecular complexity index is 289. The van der Waals surface area contributed by atoms with Gasteiger partial charge in [0, 0.05) is 18.7 Å². The van der Waals surface area contributed by atoms with E-state index in [1.807, 2.05) is 0 Å². The van der Waals surface area contributed by atoms with E-state index in [0.717, 1.165) is 17.3 Å². The summed E-state index contributed by atoms with van der Waals surface area (Å²) in [6.45, 7) is 1.18. The van der Waals surface area contributed by atoms with Gasteiger partial charge in [0.25, 0.3) is 0 Å². The van der Waals surface area contributed by atoms with E-state index in [0.29, 0.717) is 13.1 Å². The Morgan fingerprint density at radius 1 is 1.62 bits per heavy atom. The van der Waals surface area contributed by atoms with Crippen LogP contribution >= 0.6 is 11.8 Å². The van der Waals surface area contributed by atoms with Gasteiger partial charge in [-0.3, -0.25) is 0 Å². The van der Waals surface area contributed by atoms with Gasteiger partial charge in [0.05, 0.1) is 6.54 Å². The molecule has 0 fully saturated rings. The average molecular weight is 197 g/mol. The number of aromatic nitrogens is 4. The third-order valence-electron chi connectivity index (χ3n) is 1.32. The van der Waals surface area contributed by atoms with Gasteiger partial charge in [-0.05, 0) is 10.4 Å². The first-order valence-corrected chi connectivity index (χ1v) is 4.89. The van der Waals surface area contributed by atoms with Crippen LogP contribution in [0.15, 0.2) is 5.16 Å². The van der Waals surface area contributed by atoms with Crippen LogP contribution in [0.2, 0.25) is 0 Å². The fraction of sp³-hybridized carbons (Fsp3) is 0.571. The Kier molecular flexibility index (Phi) is 4.29. The highest BCUT2D eigenvalue weighted by Crippen LogP contribution is 2.13. The number of hydrogen-bond acceptors (Lipinski definition) is 5. The van der Waals surface area contributed by atoms with Crippen molar-refractivity contribution >= 4 is 11.8 Å². The van der Waals surface area contributed by atoms with Gasteiger partial charge in [-0.2, -0.15) is 0 Å². The molecule has 0 radical (unpaired) electrons. The van der Waals surface area contributed by atoms with E-state index in [1.165, 1.54) is 0 Å². The van der Waals surface area contributed by atoms with Gasteiger partial charge in [0.1, 0.15) is 0 Å². The number of terminal acetylenes is 1. The smallest absolute Gasteiger partial charge is 0.209 e. The second-order valence-corrected chi connectivity index (χ2v) is 3.34. The minimum Gasteiger partial charge on any atom is -0.329 e. The van der Waals surface area contributed by atoms with E-state index in [4.69, 9.17) is 12.2 Å². The lowest BCUT2D eigenvalue weighted by molar-refractivity contribution is 0.557. The SMILES string of the molecule is C#CCCSc1nnnn1CCN. The van der Waals surface area contributed by atoms with Crippen LogP contribution < -0.4 is 5.73 Å². The molecule has 70 valence electrons. The maximum atomic E-state index is 5.39. The maximum absolute atomic E-state index is 5.39. The molecule has 0 aromatic carbocycles. The highest BCUT2D eigenvalue weighted by atomic mass is 32.2. The molecule has 13 heavy (non-hydrogen) atoms. The fourth-order valence-electron chi connectivity index (χ4n) is 0.764. The lowest BCUT2D eigenvalue weighted by Gasteiger charge is -1.99. The Labute approximate surface area is 81.1 Å². The van der Waals surface area contributed by atoms with Gasteiger partial charge in [0.2, 0.25) is 5.16 Å². The molecule has 1 rings (SSSR count). The number of thioether (sulfide) groups is 1.